The molecule has 0 fully saturated rings. The van der Waals surface area contributed by atoms with Crippen molar-refractivity contribution >= 4 is 16.9 Å². The molecule has 0 N–H and O–H groups in total. The van der Waals surface area contributed by atoms with E-state index in [9.17, 15) is 18.4 Å². The summed E-state index contributed by atoms with van der Waals surface area (Å²) in [7, 11) is 0. The lowest BCUT2D eigenvalue weighted by Crippen LogP contribution is -2.24. The van der Waals surface area contributed by atoms with Crippen LogP contribution in [0.15, 0.2) is 47.3 Å². The lowest BCUT2D eigenvalue weighted by Gasteiger charge is -2.19. The summed E-state index contributed by atoms with van der Waals surface area (Å²) in [6, 6.07) is 11.3. The molecule has 5 nitrogen and oxygen atoms in total. The van der Waals surface area contributed by atoms with Crippen LogP contribution < -0.4 is 5.43 Å². The van der Waals surface area contributed by atoms with E-state index in [1.54, 1.807) is 11.5 Å². The van der Waals surface area contributed by atoms with Crippen LogP contribution in [0, 0.1) is 11.6 Å². The number of halogens is 2. The highest BCUT2D eigenvalue weighted by molar-refractivity contribution is 5.82. The van der Waals surface area contributed by atoms with Crippen LogP contribution in [0.4, 0.5) is 8.78 Å². The van der Waals surface area contributed by atoms with Gasteiger partial charge < -0.3 is 14.2 Å². The summed E-state index contributed by atoms with van der Waals surface area (Å²) >= 11 is 0. The fraction of sp³-hybridized carbons (Fsp3) is 0.429. The summed E-state index contributed by atoms with van der Waals surface area (Å²) in [5, 5.41) is 0.516. The van der Waals surface area contributed by atoms with E-state index in [1.807, 2.05) is 18.2 Å². The molecule has 3 aromatic rings. The number of ether oxygens (including phenoxy) is 1. The average Bonchev–Trinajstić information content (AvgIpc) is 2.85. The van der Waals surface area contributed by atoms with Gasteiger partial charge in [0.05, 0.1) is 12.1 Å². The molecule has 0 bridgehead atoms. The second-order valence-electron chi connectivity index (χ2n) is 8.59. The van der Waals surface area contributed by atoms with Gasteiger partial charge in [0.2, 0.25) is 0 Å². The third-order valence-electron chi connectivity index (χ3n) is 6.37. The van der Waals surface area contributed by atoms with Crippen LogP contribution in [-0.4, -0.2) is 41.7 Å². The molecule has 0 radical (unpaired) electrons. The third-order valence-corrected chi connectivity index (χ3v) is 6.37. The average molecular weight is 485 g/mol. The number of carbonyl (C=O) groups is 1. The van der Waals surface area contributed by atoms with Crippen molar-refractivity contribution in [2.45, 2.75) is 53.0 Å². The topological polar surface area (TPSA) is 51.5 Å². The molecule has 7 heteroatoms. The Morgan fingerprint density at radius 3 is 2.49 bits per heavy atom. The first-order valence-corrected chi connectivity index (χ1v) is 12.3. The standard InChI is InChI=1S/C28H34F2N2O3/c1-4-31(5-2)16-8-9-20-12-15-23-25(17-20)32(19-27(34)35-6-3)22(18-26(23)33)14-13-21-10-7-11-24(29)28(21)30/h7,10-12,15,17-18H,4-6,8-9,13-14,16,19H2,1-3H3. The zero-order valence-corrected chi connectivity index (χ0v) is 20.8. The van der Waals surface area contributed by atoms with E-state index in [0.29, 0.717) is 16.6 Å². The SMILES string of the molecule is CCOC(=O)Cn1c(CCc2cccc(F)c2F)cc(=O)c2ccc(CCCN(CC)CC)cc21. The van der Waals surface area contributed by atoms with Crippen molar-refractivity contribution in [3.8, 4) is 0 Å². The van der Waals surface area contributed by atoms with Crippen LogP contribution in [0.5, 0.6) is 0 Å². The van der Waals surface area contributed by atoms with Crippen molar-refractivity contribution in [3.63, 3.8) is 0 Å². The molecule has 0 saturated heterocycles. The highest BCUT2D eigenvalue weighted by atomic mass is 19.2. The summed E-state index contributed by atoms with van der Waals surface area (Å²) in [5.74, 6) is -2.20. The Balaban J connectivity index is 1.97. The molecule has 0 amide bonds. The van der Waals surface area contributed by atoms with E-state index < -0.39 is 17.6 Å². The zero-order chi connectivity index (χ0) is 25.4. The fourth-order valence-electron chi connectivity index (χ4n) is 4.41. The predicted octanol–water partition coefficient (Wildman–Crippen LogP) is 4.90. The van der Waals surface area contributed by atoms with Crippen molar-refractivity contribution in [2.75, 3.05) is 26.2 Å². The molecule has 2 aromatic carbocycles. The number of pyridine rings is 1. The van der Waals surface area contributed by atoms with Gasteiger partial charge in [-0.2, -0.15) is 0 Å². The maximum absolute atomic E-state index is 14.2. The number of fused-ring (bicyclic) bond motifs is 1. The van der Waals surface area contributed by atoms with E-state index in [1.165, 1.54) is 18.2 Å². The number of hydrogen-bond donors (Lipinski definition) is 0. The molecule has 0 aliphatic heterocycles. The first-order valence-electron chi connectivity index (χ1n) is 12.3. The number of aryl methyl sites for hydroxylation is 3. The van der Waals surface area contributed by atoms with Crippen molar-refractivity contribution < 1.29 is 18.3 Å². The molecule has 35 heavy (non-hydrogen) atoms. The van der Waals surface area contributed by atoms with Gasteiger partial charge in [0.25, 0.3) is 0 Å². The van der Waals surface area contributed by atoms with E-state index in [0.717, 1.165) is 44.1 Å². The largest absolute Gasteiger partial charge is 0.465 e. The summed E-state index contributed by atoms with van der Waals surface area (Å²) in [6.45, 7) is 9.20. The van der Waals surface area contributed by atoms with E-state index in [4.69, 9.17) is 4.74 Å². The molecule has 0 unspecified atom stereocenters. The van der Waals surface area contributed by atoms with Gasteiger partial charge in [0, 0.05) is 17.1 Å². The van der Waals surface area contributed by atoms with Crippen LogP contribution in [0.1, 0.15) is 44.0 Å². The van der Waals surface area contributed by atoms with E-state index in [2.05, 4.69) is 18.7 Å². The molecule has 0 spiro atoms. The molecule has 1 aromatic heterocycles. The van der Waals surface area contributed by atoms with Gasteiger partial charge in [-0.1, -0.05) is 32.0 Å². The molecule has 0 aliphatic carbocycles. The van der Waals surface area contributed by atoms with Crippen LogP contribution in [0.2, 0.25) is 0 Å². The van der Waals surface area contributed by atoms with Gasteiger partial charge in [0.1, 0.15) is 6.54 Å². The molecule has 0 saturated carbocycles. The Hall–Kier alpha value is -3.06. The molecule has 188 valence electrons. The van der Waals surface area contributed by atoms with Crippen molar-refractivity contribution in [2.24, 2.45) is 0 Å². The lowest BCUT2D eigenvalue weighted by molar-refractivity contribution is -0.143. The Morgan fingerprint density at radius 1 is 1.00 bits per heavy atom. The van der Waals surface area contributed by atoms with Crippen molar-refractivity contribution in [1.82, 2.24) is 9.47 Å². The number of carbonyl (C=O) groups excluding carboxylic acids is 1. The number of aromatic nitrogens is 1. The van der Waals surface area contributed by atoms with Crippen LogP contribution >= 0.6 is 0 Å². The van der Waals surface area contributed by atoms with Gasteiger partial charge in [-0.15, -0.1) is 0 Å². The highest BCUT2D eigenvalue weighted by Crippen LogP contribution is 2.20. The summed E-state index contributed by atoms with van der Waals surface area (Å²) < 4.78 is 34.8. The minimum Gasteiger partial charge on any atom is -0.465 e. The molecule has 1 heterocycles. The molecular weight excluding hydrogens is 450 g/mol. The van der Waals surface area contributed by atoms with Gasteiger partial charge >= 0.3 is 5.97 Å². The van der Waals surface area contributed by atoms with Gasteiger partial charge in [0.15, 0.2) is 17.1 Å². The Bertz CT molecular complexity index is 1220. The smallest absolute Gasteiger partial charge is 0.325 e. The Morgan fingerprint density at radius 2 is 1.77 bits per heavy atom. The number of hydrogen-bond acceptors (Lipinski definition) is 4. The van der Waals surface area contributed by atoms with Gasteiger partial charge in [-0.05, 0) is 81.6 Å². The highest BCUT2D eigenvalue weighted by Gasteiger charge is 2.15. The minimum absolute atomic E-state index is 0.0610. The van der Waals surface area contributed by atoms with Crippen molar-refractivity contribution in [3.05, 3.63) is 81.1 Å². The number of rotatable bonds is 12. The zero-order valence-electron chi connectivity index (χ0n) is 20.8. The number of esters is 1. The quantitative estimate of drug-likeness (QED) is 0.343. The number of nitrogens with zero attached hydrogens (tertiary/aromatic N) is 2. The first kappa shape index (κ1) is 26.5. The minimum atomic E-state index is -0.903. The normalized spacial score (nSPS) is 11.4. The number of benzene rings is 2. The van der Waals surface area contributed by atoms with E-state index in [-0.39, 0.29) is 37.0 Å². The van der Waals surface area contributed by atoms with Gasteiger partial charge in [-0.3, -0.25) is 9.59 Å². The third kappa shape index (κ3) is 6.75. The first-order chi connectivity index (χ1) is 16.9. The van der Waals surface area contributed by atoms with Gasteiger partial charge in [-0.25, -0.2) is 8.78 Å². The maximum atomic E-state index is 14.2. The second kappa shape index (κ2) is 12.6. The molecule has 0 atom stereocenters. The molecular formula is C28H34F2N2O3. The molecule has 3 rings (SSSR count). The van der Waals surface area contributed by atoms with E-state index >= 15 is 0 Å². The van der Waals surface area contributed by atoms with Crippen LogP contribution in [-0.2, 0) is 35.3 Å². The summed E-state index contributed by atoms with van der Waals surface area (Å²) in [4.78, 5) is 27.7. The maximum Gasteiger partial charge on any atom is 0.325 e. The molecule has 0 aliphatic rings. The van der Waals surface area contributed by atoms with Crippen LogP contribution in [0.3, 0.4) is 0 Å². The summed E-state index contributed by atoms with van der Waals surface area (Å²) in [6.07, 6.45) is 2.30. The second-order valence-corrected chi connectivity index (χ2v) is 8.59. The monoisotopic (exact) mass is 484 g/mol. The van der Waals surface area contributed by atoms with Crippen LogP contribution in [0.25, 0.3) is 10.9 Å². The predicted molar refractivity (Wildman–Crippen MR) is 135 cm³/mol. The van der Waals surface area contributed by atoms with Crippen molar-refractivity contribution in [1.29, 1.82) is 0 Å². The Kier molecular flexibility index (Phi) is 9.55. The summed E-state index contributed by atoms with van der Waals surface area (Å²) in [5.41, 5.74) is 2.38. The Labute approximate surface area is 205 Å². The fourth-order valence-corrected chi connectivity index (χ4v) is 4.41. The lowest BCUT2D eigenvalue weighted by atomic mass is 10.0.